The molecule has 0 aliphatic carbocycles. The van der Waals surface area contributed by atoms with E-state index in [0.29, 0.717) is 16.5 Å². The normalized spacial score (nSPS) is 12.8. The van der Waals surface area contributed by atoms with Crippen LogP contribution in [0, 0.1) is 0 Å². The number of hydrogen-bond acceptors (Lipinski definition) is 10. The second-order valence-corrected chi connectivity index (χ2v) is 11.3. The summed E-state index contributed by atoms with van der Waals surface area (Å²) in [6.45, 7) is 0. The molecule has 0 spiro atoms. The van der Waals surface area contributed by atoms with Crippen molar-refractivity contribution in [2.24, 2.45) is 10.2 Å². The van der Waals surface area contributed by atoms with Gasteiger partial charge in [-0.2, -0.15) is 27.0 Å². The van der Waals surface area contributed by atoms with E-state index in [2.05, 4.69) is 21.1 Å². The molecule has 12 nitrogen and oxygen atoms in total. The van der Waals surface area contributed by atoms with E-state index in [1.54, 1.807) is 36.4 Å². The van der Waals surface area contributed by atoms with Crippen LogP contribution >= 0.6 is 0 Å². The molecule has 202 valence electrons. The molecule has 0 heterocycles. The molecule has 0 radical (unpaired) electrons. The number of rotatable bonds is 6. The van der Waals surface area contributed by atoms with Crippen molar-refractivity contribution >= 4 is 53.2 Å². The smallest absolute Gasteiger partial charge is 0.287 e. The summed E-state index contributed by atoms with van der Waals surface area (Å²) in [5.74, 6) is 0. The van der Waals surface area contributed by atoms with Crippen molar-refractivity contribution < 1.29 is 55.5 Å². The first-order chi connectivity index (χ1) is 18.9. The largest absolute Gasteiger partial charge is 1.00 e. The molecule has 0 unspecified atom stereocenters. The second-order valence-electron chi connectivity index (χ2n) is 8.47. The third-order valence-electron chi connectivity index (χ3n) is 5.98. The first-order valence-corrected chi connectivity index (χ1v) is 14.3. The van der Waals surface area contributed by atoms with Gasteiger partial charge in [-0.3, -0.25) is 29.5 Å². The Kier molecular flexibility index (Phi) is 8.56. The molecule has 0 atom stereocenters. The van der Waals surface area contributed by atoms with Gasteiger partial charge < -0.3 is 0 Å². The summed E-state index contributed by atoms with van der Waals surface area (Å²) < 4.78 is 66.0. The summed E-state index contributed by atoms with van der Waals surface area (Å²) in [6.07, 6.45) is 0. The van der Waals surface area contributed by atoms with Crippen LogP contribution in [0.3, 0.4) is 0 Å². The number of anilines is 2. The fraction of sp³-hybridized carbons (Fsp3) is 0. The van der Waals surface area contributed by atoms with Crippen LogP contribution in [0.1, 0.15) is 0 Å². The van der Waals surface area contributed by atoms with Gasteiger partial charge in [0, 0.05) is 21.5 Å². The monoisotopic (exact) mass is 601 g/mol. The van der Waals surface area contributed by atoms with Gasteiger partial charge in [0.15, 0.2) is 5.36 Å². The van der Waals surface area contributed by atoms with Gasteiger partial charge >= 0.3 is 29.6 Å². The first kappa shape index (κ1) is 30.2. The Morgan fingerprint density at radius 3 is 1.46 bits per heavy atom. The molecule has 0 bridgehead atoms. The number of fused-ring (bicyclic) bond motifs is 2. The van der Waals surface area contributed by atoms with Crippen LogP contribution in [0.4, 0.5) is 11.4 Å². The summed E-state index contributed by atoms with van der Waals surface area (Å²) in [5.41, 5.74) is 4.40. The number of nitrogens with one attached hydrogen (secondary N) is 2. The van der Waals surface area contributed by atoms with E-state index in [-0.39, 0.29) is 61.2 Å². The second kappa shape index (κ2) is 11.6. The van der Waals surface area contributed by atoms with Gasteiger partial charge in [0.05, 0.1) is 11.4 Å². The third kappa shape index (κ3) is 6.13. The van der Waals surface area contributed by atoms with Crippen molar-refractivity contribution in [3.8, 4) is 0 Å². The summed E-state index contributed by atoms with van der Waals surface area (Å²) in [5, 5.41) is 8.56. The molecule has 0 amide bonds. The van der Waals surface area contributed by atoms with E-state index in [4.69, 9.17) is 0 Å². The molecule has 0 aliphatic heterocycles. The van der Waals surface area contributed by atoms with Crippen molar-refractivity contribution in [1.82, 2.24) is 0 Å². The maximum atomic E-state index is 13.0. The maximum absolute atomic E-state index is 13.0. The minimum atomic E-state index is -4.51. The van der Waals surface area contributed by atoms with E-state index in [9.17, 15) is 35.5 Å². The van der Waals surface area contributed by atoms with E-state index < -0.39 is 36.5 Å². The topological polar surface area (TPSA) is 192 Å². The van der Waals surface area contributed by atoms with Gasteiger partial charge in [0.25, 0.3) is 20.2 Å². The molecule has 41 heavy (non-hydrogen) atoms. The predicted octanol–water partition coefficient (Wildman–Crippen LogP) is -1.06. The minimum absolute atomic E-state index is 0. The van der Waals surface area contributed by atoms with E-state index in [1.165, 1.54) is 42.5 Å². The number of nitrogens with zero attached hydrogens (tertiary/aromatic N) is 2. The number of hydrogen-bond donors (Lipinski definition) is 4. The summed E-state index contributed by atoms with van der Waals surface area (Å²) >= 11 is 0. The Morgan fingerprint density at radius 2 is 1.00 bits per heavy atom. The van der Waals surface area contributed by atoms with Gasteiger partial charge in [0.1, 0.15) is 15.1 Å². The standard InChI is InChI=1S/C26H18N4O8S2.Na/c31-22-12-9-21(29-27-19-10-13-23(39(33,34)35)17-7-3-1-5-15(17)19)26(32)25(22)30-28-20-11-14-24(40(36,37)38)18-8-4-2-6-16(18)20;/h1-14,27-28H,(H,33,34,35)(H,36,37,38);/q;+1/b29-21-,30-25-;. The van der Waals surface area contributed by atoms with Gasteiger partial charge in [0.2, 0.25) is 10.9 Å². The predicted molar refractivity (Wildman–Crippen MR) is 147 cm³/mol. The molecule has 15 heteroatoms. The number of benzene rings is 5. The Balaban J connectivity index is 0.00000387. The molecule has 5 aromatic carbocycles. The van der Waals surface area contributed by atoms with E-state index >= 15 is 0 Å². The van der Waals surface area contributed by atoms with Crippen molar-refractivity contribution in [2.75, 3.05) is 10.9 Å². The SMILES string of the molecule is O=c1cc/c(=N/Nc2ccc(S(=O)(=O)O)c3ccccc23)c(=O)/c1=N\Nc1ccc(S(=O)(=O)O)c2ccccc12.[Na+]. The van der Waals surface area contributed by atoms with Crippen molar-refractivity contribution in [1.29, 1.82) is 0 Å². The Hall–Kier alpha value is -3.76. The minimum Gasteiger partial charge on any atom is -0.287 e. The van der Waals surface area contributed by atoms with Crippen molar-refractivity contribution in [3.63, 3.8) is 0 Å². The average molecular weight is 602 g/mol. The Bertz CT molecular complexity index is 2280. The third-order valence-corrected chi connectivity index (χ3v) is 7.81. The maximum Gasteiger partial charge on any atom is 1.00 e. The zero-order valence-corrected chi connectivity index (χ0v) is 24.8. The molecular formula is C26H18N4NaO8S2+. The quantitative estimate of drug-likeness (QED) is 0.106. The van der Waals surface area contributed by atoms with Crippen molar-refractivity contribution in [2.45, 2.75) is 9.79 Å². The molecule has 0 saturated heterocycles. The van der Waals surface area contributed by atoms with E-state index in [1.807, 2.05) is 0 Å². The summed E-state index contributed by atoms with van der Waals surface area (Å²) in [4.78, 5) is 24.9. The average Bonchev–Trinajstić information content (AvgIpc) is 2.91. The first-order valence-electron chi connectivity index (χ1n) is 11.4. The molecule has 5 aromatic rings. The van der Waals surface area contributed by atoms with E-state index in [0.717, 1.165) is 6.07 Å². The van der Waals surface area contributed by atoms with Gasteiger partial charge in [-0.05, 0) is 36.4 Å². The fourth-order valence-electron chi connectivity index (χ4n) is 4.16. The molecule has 4 N–H and O–H groups in total. The zero-order chi connectivity index (χ0) is 28.7. The molecular weight excluding hydrogens is 583 g/mol. The van der Waals surface area contributed by atoms with Crippen LogP contribution in [0.2, 0.25) is 0 Å². The van der Waals surface area contributed by atoms with Crippen molar-refractivity contribution in [3.05, 3.63) is 116 Å². The Morgan fingerprint density at radius 1 is 0.561 bits per heavy atom. The molecule has 0 aliphatic rings. The van der Waals surface area contributed by atoms with Gasteiger partial charge in [-0.1, -0.05) is 48.5 Å². The molecule has 5 rings (SSSR count). The molecule has 0 aromatic heterocycles. The van der Waals surface area contributed by atoms with Crippen LogP contribution in [-0.2, 0) is 20.2 Å². The van der Waals surface area contributed by atoms with Crippen LogP contribution in [0.25, 0.3) is 21.5 Å². The van der Waals surface area contributed by atoms with Crippen LogP contribution < -0.4 is 62.0 Å². The molecule has 0 fully saturated rings. The summed E-state index contributed by atoms with van der Waals surface area (Å²) in [7, 11) is -8.99. The van der Waals surface area contributed by atoms with Gasteiger partial charge in [-0.25, -0.2) is 0 Å². The fourth-order valence-corrected chi connectivity index (χ4v) is 5.55. The zero-order valence-electron chi connectivity index (χ0n) is 21.1. The Labute approximate surface area is 254 Å². The summed E-state index contributed by atoms with van der Waals surface area (Å²) in [6, 6.07) is 20.0. The van der Waals surface area contributed by atoms with Crippen LogP contribution in [-0.4, -0.2) is 25.9 Å². The molecule has 0 saturated carbocycles. The van der Waals surface area contributed by atoms with Crippen LogP contribution in [0.5, 0.6) is 0 Å². The van der Waals surface area contributed by atoms with Gasteiger partial charge in [-0.15, -0.1) is 0 Å². The van der Waals surface area contributed by atoms with Crippen LogP contribution in [0.15, 0.2) is 115 Å².